The monoisotopic (exact) mass is 768 g/mol. The molecule has 0 atom stereocenters. The van der Waals surface area contributed by atoms with Crippen molar-refractivity contribution in [2.24, 2.45) is 0 Å². The molecule has 0 radical (unpaired) electrons. The zero-order valence-corrected chi connectivity index (χ0v) is 31.6. The van der Waals surface area contributed by atoms with E-state index in [9.17, 15) is 0 Å². The molecule has 6 heterocycles. The van der Waals surface area contributed by atoms with Crippen LogP contribution < -0.4 is 0 Å². The zero-order valence-electron chi connectivity index (χ0n) is 31.6. The Morgan fingerprint density at radius 2 is 0.650 bits per heavy atom. The van der Waals surface area contributed by atoms with Gasteiger partial charge in [-0.25, -0.2) is 29.9 Å². The van der Waals surface area contributed by atoms with E-state index in [1.165, 1.54) is 0 Å². The largest absolute Gasteiger partial charge is 0.256 e. The normalized spacial score (nSPS) is 11.7. The minimum atomic E-state index is 0.487. The van der Waals surface area contributed by atoms with E-state index in [2.05, 4.69) is 68.5 Å². The summed E-state index contributed by atoms with van der Waals surface area (Å²) in [4.78, 5) is 49.0. The second kappa shape index (κ2) is 13.6. The van der Waals surface area contributed by atoms with Crippen LogP contribution in [0.4, 0.5) is 0 Å². The maximum Gasteiger partial charge on any atom is 0.182 e. The summed E-state index contributed by atoms with van der Waals surface area (Å²) in [5.41, 5.74) is 6.53. The fourth-order valence-electron chi connectivity index (χ4n) is 8.24. The Balaban J connectivity index is 1.09. The van der Waals surface area contributed by atoms with Crippen LogP contribution in [0.3, 0.4) is 0 Å². The van der Waals surface area contributed by atoms with Crippen LogP contribution in [0.15, 0.2) is 170 Å². The first kappa shape index (κ1) is 33.6. The summed E-state index contributed by atoms with van der Waals surface area (Å²) >= 11 is 0. The van der Waals surface area contributed by atoms with Crippen molar-refractivity contribution >= 4 is 54.1 Å². The number of nitrogens with zero attached hydrogens (tertiary/aromatic N) is 10. The molecule has 10 nitrogen and oxygen atoms in total. The maximum absolute atomic E-state index is 5.18. The molecular formula is C50H28N10. The first-order valence-electron chi connectivity index (χ1n) is 19.5. The fraction of sp³-hybridized carbons (Fsp3) is 0. The molecule has 12 aromatic rings. The molecule has 278 valence electrons. The zero-order chi connectivity index (χ0) is 39.6. The molecule has 12 rings (SSSR count). The van der Waals surface area contributed by atoms with E-state index < -0.39 is 0 Å². The predicted octanol–water partition coefficient (Wildman–Crippen LogP) is 10.8. The number of fused-ring (bicyclic) bond motifs is 2. The summed E-state index contributed by atoms with van der Waals surface area (Å²) < 4.78 is 0. The van der Waals surface area contributed by atoms with E-state index >= 15 is 0 Å². The van der Waals surface area contributed by atoms with Gasteiger partial charge in [0.2, 0.25) is 0 Å². The lowest BCUT2D eigenvalue weighted by atomic mass is 9.89. The Morgan fingerprint density at radius 1 is 0.250 bits per heavy atom. The van der Waals surface area contributed by atoms with E-state index in [0.717, 1.165) is 76.4 Å². The Morgan fingerprint density at radius 3 is 1.08 bits per heavy atom. The van der Waals surface area contributed by atoms with Crippen LogP contribution in [0, 0.1) is 0 Å². The van der Waals surface area contributed by atoms with Gasteiger partial charge in [-0.1, -0.05) is 84.9 Å². The van der Waals surface area contributed by atoms with Gasteiger partial charge >= 0.3 is 0 Å². The molecule has 6 aromatic carbocycles. The molecule has 0 fully saturated rings. The van der Waals surface area contributed by atoms with Crippen LogP contribution in [-0.2, 0) is 0 Å². The van der Waals surface area contributed by atoms with Crippen molar-refractivity contribution in [2.75, 3.05) is 0 Å². The van der Waals surface area contributed by atoms with Crippen molar-refractivity contribution in [2.45, 2.75) is 0 Å². The second-order valence-electron chi connectivity index (χ2n) is 14.4. The SMILES string of the molecule is c1ccc(-c2nc(-c3cccc4ncccc34)nc(-c3ccc4ccc5c(-c6nc(-c7ccccn7)nc(-c7cccc8ncccc78)n6)ccc6ccc3c4c65)n2)nc1. The summed E-state index contributed by atoms with van der Waals surface area (Å²) in [6, 6.07) is 48.6. The molecule has 0 aliphatic rings. The number of rotatable bonds is 6. The molecule has 10 heteroatoms. The summed E-state index contributed by atoms with van der Waals surface area (Å²) in [5.74, 6) is 3.16. The molecule has 0 N–H and O–H groups in total. The van der Waals surface area contributed by atoms with Crippen molar-refractivity contribution in [3.05, 3.63) is 170 Å². The highest BCUT2D eigenvalue weighted by molar-refractivity contribution is 6.27. The molecular weight excluding hydrogens is 741 g/mol. The summed E-state index contributed by atoms with van der Waals surface area (Å²) in [6.45, 7) is 0. The summed E-state index contributed by atoms with van der Waals surface area (Å²) in [5, 5.41) is 8.32. The highest BCUT2D eigenvalue weighted by Gasteiger charge is 2.21. The molecule has 0 spiro atoms. The molecule has 60 heavy (non-hydrogen) atoms. The predicted molar refractivity (Wildman–Crippen MR) is 236 cm³/mol. The molecule has 0 amide bonds. The molecule has 0 aliphatic carbocycles. The number of benzene rings is 6. The van der Waals surface area contributed by atoms with Crippen molar-refractivity contribution in [1.82, 2.24) is 49.8 Å². The quantitative estimate of drug-likeness (QED) is 0.151. The van der Waals surface area contributed by atoms with Gasteiger partial charge in [-0.3, -0.25) is 19.9 Å². The van der Waals surface area contributed by atoms with Crippen molar-refractivity contribution in [3.63, 3.8) is 0 Å². The van der Waals surface area contributed by atoms with E-state index in [0.29, 0.717) is 46.3 Å². The number of hydrogen-bond donors (Lipinski definition) is 0. The first-order valence-corrected chi connectivity index (χ1v) is 19.5. The van der Waals surface area contributed by atoms with E-state index in [1.807, 2.05) is 97.1 Å². The van der Waals surface area contributed by atoms with Gasteiger partial charge in [0.15, 0.2) is 34.9 Å². The minimum absolute atomic E-state index is 0.487. The van der Waals surface area contributed by atoms with Crippen LogP contribution in [0.5, 0.6) is 0 Å². The van der Waals surface area contributed by atoms with Crippen LogP contribution in [-0.4, -0.2) is 49.8 Å². The molecule has 0 aliphatic heterocycles. The molecule has 0 saturated carbocycles. The van der Waals surface area contributed by atoms with Gasteiger partial charge in [0.25, 0.3) is 0 Å². The van der Waals surface area contributed by atoms with E-state index in [1.54, 1.807) is 24.8 Å². The van der Waals surface area contributed by atoms with Crippen molar-refractivity contribution in [1.29, 1.82) is 0 Å². The minimum Gasteiger partial charge on any atom is -0.256 e. The Labute approximate surface area is 341 Å². The van der Waals surface area contributed by atoms with Crippen LogP contribution in [0.25, 0.3) is 123 Å². The van der Waals surface area contributed by atoms with E-state index in [4.69, 9.17) is 29.9 Å². The number of aromatic nitrogens is 10. The average Bonchev–Trinajstić information content (AvgIpc) is 3.33. The number of hydrogen-bond acceptors (Lipinski definition) is 10. The third-order valence-electron chi connectivity index (χ3n) is 11.0. The van der Waals surface area contributed by atoms with Crippen LogP contribution >= 0.6 is 0 Å². The molecule has 0 bridgehead atoms. The number of pyridine rings is 4. The summed E-state index contributed by atoms with van der Waals surface area (Å²) in [6.07, 6.45) is 7.09. The van der Waals surface area contributed by atoms with Gasteiger partial charge in [0.1, 0.15) is 11.4 Å². The molecule has 0 saturated heterocycles. The highest BCUT2D eigenvalue weighted by Crippen LogP contribution is 2.42. The second-order valence-corrected chi connectivity index (χ2v) is 14.4. The maximum atomic E-state index is 5.18. The van der Waals surface area contributed by atoms with E-state index in [-0.39, 0.29) is 0 Å². The standard InChI is InChI=1S/C50H28N10/c1-3-25-53-41(13-1)49-57-45(35-9-5-15-39-31(35)11-7-27-51-39)55-47(59-49)37-23-19-29-18-22-34-38(24-20-30-17-21-33(37)43(29)44(30)34)48-56-46(58-50(60-48)42-14-2-4-26-54-42)36-10-6-16-40-32(36)12-8-28-52-40/h1-28H. The van der Waals surface area contributed by atoms with Crippen LogP contribution in [0.1, 0.15) is 0 Å². The lowest BCUT2D eigenvalue weighted by molar-refractivity contribution is 1.06. The smallest absolute Gasteiger partial charge is 0.182 e. The Kier molecular flexibility index (Phi) is 7.60. The first-order chi connectivity index (χ1) is 29.7. The highest BCUT2D eigenvalue weighted by atomic mass is 15.1. The lowest BCUT2D eigenvalue weighted by Crippen LogP contribution is -2.02. The van der Waals surface area contributed by atoms with Gasteiger partial charge in [0.05, 0.1) is 11.0 Å². The molecule has 6 aromatic heterocycles. The Bertz CT molecular complexity index is 3370. The van der Waals surface area contributed by atoms with Crippen LogP contribution in [0.2, 0.25) is 0 Å². The van der Waals surface area contributed by atoms with Gasteiger partial charge in [0, 0.05) is 57.8 Å². The average molecular weight is 769 g/mol. The summed E-state index contributed by atoms with van der Waals surface area (Å²) in [7, 11) is 0. The van der Waals surface area contributed by atoms with Crippen molar-refractivity contribution in [3.8, 4) is 68.6 Å². The third kappa shape index (κ3) is 5.50. The van der Waals surface area contributed by atoms with Gasteiger partial charge in [-0.15, -0.1) is 0 Å². The fourth-order valence-corrected chi connectivity index (χ4v) is 8.24. The van der Waals surface area contributed by atoms with Gasteiger partial charge in [-0.2, -0.15) is 0 Å². The lowest BCUT2D eigenvalue weighted by Gasteiger charge is -2.16. The van der Waals surface area contributed by atoms with Gasteiger partial charge < -0.3 is 0 Å². The third-order valence-corrected chi connectivity index (χ3v) is 11.0. The Hall–Kier alpha value is -8.50. The molecule has 0 unspecified atom stereocenters. The van der Waals surface area contributed by atoms with Gasteiger partial charge in [-0.05, 0) is 93.0 Å². The van der Waals surface area contributed by atoms with Crippen molar-refractivity contribution < 1.29 is 0 Å². The topological polar surface area (TPSA) is 129 Å².